The van der Waals surface area contributed by atoms with Crippen molar-refractivity contribution in [3.63, 3.8) is 0 Å². The van der Waals surface area contributed by atoms with Crippen LogP contribution in [-0.4, -0.2) is 33.5 Å². The number of amides is 1. The van der Waals surface area contributed by atoms with Gasteiger partial charge in [-0.3, -0.25) is 4.79 Å². The van der Waals surface area contributed by atoms with Crippen molar-refractivity contribution in [3.05, 3.63) is 59.7 Å². The molecule has 126 valence electrons. The Morgan fingerprint density at radius 2 is 1.71 bits per heavy atom. The summed E-state index contributed by atoms with van der Waals surface area (Å²) in [5.41, 5.74) is 1.16. The lowest BCUT2D eigenvalue weighted by Gasteiger charge is -2.21. The number of carboxylic acid groups (broad SMARTS) is 1. The Labute approximate surface area is 141 Å². The van der Waals surface area contributed by atoms with E-state index in [2.05, 4.69) is 41.3 Å². The van der Waals surface area contributed by atoms with E-state index in [1.54, 1.807) is 0 Å². The highest BCUT2D eigenvalue weighted by Crippen LogP contribution is 2.16. The van der Waals surface area contributed by atoms with E-state index in [0.29, 0.717) is 18.4 Å². The molecule has 0 spiro atoms. The van der Waals surface area contributed by atoms with Gasteiger partial charge in [0.05, 0.1) is 12.4 Å². The molecule has 0 saturated carbocycles. The summed E-state index contributed by atoms with van der Waals surface area (Å²) in [5.74, 6) is -0.816. The van der Waals surface area contributed by atoms with Gasteiger partial charge < -0.3 is 10.4 Å². The summed E-state index contributed by atoms with van der Waals surface area (Å²) in [6.45, 7) is 4.77. The van der Waals surface area contributed by atoms with Gasteiger partial charge in [0.25, 0.3) is 5.91 Å². The lowest BCUT2D eigenvalue weighted by atomic mass is 9.89. The van der Waals surface area contributed by atoms with Crippen molar-refractivity contribution >= 4 is 11.9 Å². The molecule has 1 aromatic heterocycles. The summed E-state index contributed by atoms with van der Waals surface area (Å²) < 4.78 is 0. The molecule has 2 N–H and O–H groups in total. The number of benzene rings is 1. The van der Waals surface area contributed by atoms with Gasteiger partial charge >= 0.3 is 5.97 Å². The number of carbonyl (C=O) groups excluding carboxylic acids is 1. The molecule has 0 aliphatic rings. The lowest BCUT2D eigenvalue weighted by Crippen LogP contribution is -2.33. The van der Waals surface area contributed by atoms with E-state index < -0.39 is 5.97 Å². The number of aromatic carboxylic acids is 1. The van der Waals surface area contributed by atoms with Crippen LogP contribution in [0.25, 0.3) is 0 Å². The van der Waals surface area contributed by atoms with Crippen LogP contribution < -0.4 is 5.32 Å². The van der Waals surface area contributed by atoms with E-state index in [1.165, 1.54) is 11.8 Å². The van der Waals surface area contributed by atoms with E-state index in [9.17, 15) is 9.59 Å². The van der Waals surface area contributed by atoms with Crippen LogP contribution in [-0.2, 0) is 6.42 Å². The van der Waals surface area contributed by atoms with Gasteiger partial charge in [-0.15, -0.1) is 0 Å². The zero-order valence-electron chi connectivity index (χ0n) is 13.8. The summed E-state index contributed by atoms with van der Waals surface area (Å²) in [5, 5.41) is 11.6. The average molecular weight is 327 g/mol. The average Bonchev–Trinajstić information content (AvgIpc) is 2.59. The molecule has 24 heavy (non-hydrogen) atoms. The van der Waals surface area contributed by atoms with Crippen molar-refractivity contribution in [1.29, 1.82) is 0 Å². The fourth-order valence-corrected chi connectivity index (χ4v) is 2.33. The summed E-state index contributed by atoms with van der Waals surface area (Å²) in [6, 6.07) is 10.1. The molecule has 0 saturated heterocycles. The maximum absolute atomic E-state index is 12.1. The van der Waals surface area contributed by atoms with E-state index in [-0.39, 0.29) is 17.3 Å². The maximum Gasteiger partial charge on any atom is 0.356 e. The third-order valence-electron chi connectivity index (χ3n) is 3.91. The first-order valence-corrected chi connectivity index (χ1v) is 7.85. The molecule has 0 radical (unpaired) electrons. The minimum absolute atomic E-state index is 0.113. The van der Waals surface area contributed by atoms with Crippen LogP contribution in [0.15, 0.2) is 42.7 Å². The Kier molecular flexibility index (Phi) is 6.01. The Morgan fingerprint density at radius 3 is 2.25 bits per heavy atom. The van der Waals surface area contributed by atoms with Crippen molar-refractivity contribution in [1.82, 2.24) is 15.3 Å². The summed E-state index contributed by atoms with van der Waals surface area (Å²) in [7, 11) is 0. The van der Waals surface area contributed by atoms with Crippen LogP contribution in [0.2, 0.25) is 0 Å². The van der Waals surface area contributed by atoms with Crippen LogP contribution in [0.5, 0.6) is 0 Å². The van der Waals surface area contributed by atoms with E-state index >= 15 is 0 Å². The van der Waals surface area contributed by atoms with Crippen LogP contribution in [0, 0.1) is 11.8 Å². The largest absolute Gasteiger partial charge is 0.476 e. The first kappa shape index (κ1) is 17.6. The Hall–Kier alpha value is -2.76. The molecule has 1 heterocycles. The van der Waals surface area contributed by atoms with Crippen LogP contribution in [0.1, 0.15) is 40.4 Å². The molecule has 2 rings (SSSR count). The Balaban J connectivity index is 1.95. The second-order valence-corrected chi connectivity index (χ2v) is 6.00. The third kappa shape index (κ3) is 4.87. The summed E-state index contributed by atoms with van der Waals surface area (Å²) in [4.78, 5) is 30.4. The number of hydrogen-bond acceptors (Lipinski definition) is 4. The zero-order chi connectivity index (χ0) is 17.5. The highest BCUT2D eigenvalue weighted by molar-refractivity contribution is 5.92. The summed E-state index contributed by atoms with van der Waals surface area (Å²) in [6.07, 6.45) is 3.14. The minimum Gasteiger partial charge on any atom is -0.476 e. The van der Waals surface area contributed by atoms with Crippen molar-refractivity contribution in [2.24, 2.45) is 11.8 Å². The molecule has 0 aliphatic heterocycles. The van der Waals surface area contributed by atoms with Gasteiger partial charge in [0.15, 0.2) is 5.69 Å². The van der Waals surface area contributed by atoms with Gasteiger partial charge in [-0.1, -0.05) is 44.2 Å². The van der Waals surface area contributed by atoms with E-state index in [1.807, 2.05) is 18.2 Å². The number of aromatic nitrogens is 2. The molecule has 6 heteroatoms. The Morgan fingerprint density at radius 1 is 1.08 bits per heavy atom. The van der Waals surface area contributed by atoms with Gasteiger partial charge in [0, 0.05) is 6.54 Å². The second kappa shape index (κ2) is 8.19. The number of nitrogens with zero attached hydrogens (tertiary/aromatic N) is 2. The van der Waals surface area contributed by atoms with Gasteiger partial charge in [0.2, 0.25) is 0 Å². The molecular formula is C18H21N3O3. The smallest absolute Gasteiger partial charge is 0.356 e. The van der Waals surface area contributed by atoms with Crippen LogP contribution >= 0.6 is 0 Å². The third-order valence-corrected chi connectivity index (χ3v) is 3.91. The van der Waals surface area contributed by atoms with Gasteiger partial charge in [0.1, 0.15) is 5.69 Å². The lowest BCUT2D eigenvalue weighted by molar-refractivity contribution is 0.0689. The molecule has 0 aliphatic carbocycles. The van der Waals surface area contributed by atoms with Gasteiger partial charge in [-0.2, -0.15) is 0 Å². The predicted molar refractivity (Wildman–Crippen MR) is 89.8 cm³/mol. The molecule has 1 aromatic carbocycles. The molecule has 1 amide bonds. The number of carboxylic acids is 1. The van der Waals surface area contributed by atoms with Crippen LogP contribution in [0.3, 0.4) is 0 Å². The fraction of sp³-hybridized carbons (Fsp3) is 0.333. The molecule has 2 aromatic rings. The van der Waals surface area contributed by atoms with Crippen molar-refractivity contribution in [3.8, 4) is 0 Å². The first-order chi connectivity index (χ1) is 11.5. The standard InChI is InChI=1S/C18H21N3O3/c1-12(2)14(8-13-6-4-3-5-7-13)9-21-17(22)15-10-20-16(11-19-15)18(23)24/h3-7,10-12,14H,8-9H2,1-2H3,(H,21,22)(H,23,24). The normalized spacial score (nSPS) is 12.0. The van der Waals surface area contributed by atoms with E-state index in [0.717, 1.165) is 12.6 Å². The van der Waals surface area contributed by atoms with Crippen molar-refractivity contribution in [2.45, 2.75) is 20.3 Å². The fourth-order valence-electron chi connectivity index (χ4n) is 2.33. The van der Waals surface area contributed by atoms with Crippen molar-refractivity contribution in [2.75, 3.05) is 6.54 Å². The van der Waals surface area contributed by atoms with Gasteiger partial charge in [-0.05, 0) is 23.8 Å². The highest BCUT2D eigenvalue weighted by atomic mass is 16.4. The predicted octanol–water partition coefficient (Wildman–Crippen LogP) is 2.42. The molecule has 0 fully saturated rings. The number of nitrogens with one attached hydrogen (secondary N) is 1. The SMILES string of the molecule is CC(C)C(CNC(=O)c1cnc(C(=O)O)cn1)Cc1ccccc1. The molecule has 1 unspecified atom stereocenters. The number of carbonyl (C=O) groups is 2. The quantitative estimate of drug-likeness (QED) is 0.815. The second-order valence-electron chi connectivity index (χ2n) is 6.00. The summed E-state index contributed by atoms with van der Waals surface area (Å²) >= 11 is 0. The Bertz CT molecular complexity index is 684. The highest BCUT2D eigenvalue weighted by Gasteiger charge is 2.17. The molecule has 0 bridgehead atoms. The topological polar surface area (TPSA) is 92.2 Å². The van der Waals surface area contributed by atoms with Gasteiger partial charge in [-0.25, -0.2) is 14.8 Å². The monoisotopic (exact) mass is 327 g/mol. The molecule has 6 nitrogen and oxygen atoms in total. The van der Waals surface area contributed by atoms with Crippen molar-refractivity contribution < 1.29 is 14.7 Å². The molecule has 1 atom stereocenters. The zero-order valence-corrected chi connectivity index (χ0v) is 13.8. The minimum atomic E-state index is -1.17. The first-order valence-electron chi connectivity index (χ1n) is 7.85. The van der Waals surface area contributed by atoms with Crippen LogP contribution in [0.4, 0.5) is 0 Å². The number of rotatable bonds is 7. The molecular weight excluding hydrogens is 306 g/mol. The van der Waals surface area contributed by atoms with E-state index in [4.69, 9.17) is 5.11 Å². The maximum atomic E-state index is 12.1. The number of hydrogen-bond donors (Lipinski definition) is 2.